The lowest BCUT2D eigenvalue weighted by atomic mass is 9.89. The summed E-state index contributed by atoms with van der Waals surface area (Å²) in [7, 11) is 0. The van der Waals surface area contributed by atoms with Gasteiger partial charge >= 0.3 is 0 Å². The Hall–Kier alpha value is -2.37. The Morgan fingerprint density at radius 2 is 1.67 bits per heavy atom. The number of rotatable bonds is 4. The van der Waals surface area contributed by atoms with Gasteiger partial charge in [-0.05, 0) is 68.1 Å². The number of nitrogens with zero attached hydrogens (tertiary/aromatic N) is 4. The monoisotopic (exact) mass is 408 g/mol. The highest BCUT2D eigenvalue weighted by Gasteiger charge is 2.28. The third-order valence-electron chi connectivity index (χ3n) is 7.43. The second-order valence-electron chi connectivity index (χ2n) is 9.36. The van der Waals surface area contributed by atoms with Crippen LogP contribution in [0, 0.1) is 5.92 Å². The second kappa shape index (κ2) is 8.40. The van der Waals surface area contributed by atoms with Crippen molar-refractivity contribution < 1.29 is 9.59 Å². The molecular formula is C24H32N4O2. The van der Waals surface area contributed by atoms with Crippen LogP contribution in [0.25, 0.3) is 5.52 Å². The van der Waals surface area contributed by atoms with Crippen LogP contribution < -0.4 is 0 Å². The molecule has 0 atom stereocenters. The lowest BCUT2D eigenvalue weighted by Crippen LogP contribution is -2.38. The fraction of sp³-hybridized carbons (Fsp3) is 0.625. The van der Waals surface area contributed by atoms with E-state index < -0.39 is 0 Å². The summed E-state index contributed by atoms with van der Waals surface area (Å²) >= 11 is 0. The molecule has 2 aromatic rings. The van der Waals surface area contributed by atoms with E-state index in [-0.39, 0.29) is 5.91 Å². The zero-order valence-electron chi connectivity index (χ0n) is 17.8. The van der Waals surface area contributed by atoms with Gasteiger partial charge in [0.15, 0.2) is 0 Å². The van der Waals surface area contributed by atoms with Crippen molar-refractivity contribution >= 4 is 17.3 Å². The van der Waals surface area contributed by atoms with E-state index in [1.807, 2.05) is 15.6 Å². The predicted molar refractivity (Wildman–Crippen MR) is 115 cm³/mol. The molecule has 0 N–H and O–H groups in total. The van der Waals surface area contributed by atoms with Gasteiger partial charge in [0.2, 0.25) is 5.91 Å². The number of likely N-dealkylation sites (tertiary alicyclic amines) is 2. The van der Waals surface area contributed by atoms with Gasteiger partial charge in [-0.1, -0.05) is 12.8 Å². The SMILES string of the molecule is O=C(CC1CCCC1)N1CCC(c2ccn3ncc(C(=O)N4CCCC4)c3c2)CC1. The number of hydrogen-bond acceptors (Lipinski definition) is 3. The first-order valence-electron chi connectivity index (χ1n) is 11.7. The summed E-state index contributed by atoms with van der Waals surface area (Å²) in [4.78, 5) is 29.6. The highest BCUT2D eigenvalue weighted by atomic mass is 16.2. The first-order chi connectivity index (χ1) is 14.7. The summed E-state index contributed by atoms with van der Waals surface area (Å²) in [6, 6.07) is 4.28. The molecule has 0 spiro atoms. The van der Waals surface area contributed by atoms with Gasteiger partial charge in [-0.3, -0.25) is 9.59 Å². The maximum absolute atomic E-state index is 12.9. The Morgan fingerprint density at radius 1 is 0.933 bits per heavy atom. The van der Waals surface area contributed by atoms with Crippen LogP contribution in [-0.4, -0.2) is 57.4 Å². The number of hydrogen-bond donors (Lipinski definition) is 0. The van der Waals surface area contributed by atoms with Gasteiger partial charge in [0.25, 0.3) is 5.91 Å². The fourth-order valence-electron chi connectivity index (χ4n) is 5.56. The van der Waals surface area contributed by atoms with E-state index >= 15 is 0 Å². The van der Waals surface area contributed by atoms with Crippen molar-refractivity contribution in [1.82, 2.24) is 19.4 Å². The molecule has 2 aromatic heterocycles. The average molecular weight is 409 g/mol. The van der Waals surface area contributed by atoms with E-state index in [4.69, 9.17) is 0 Å². The van der Waals surface area contributed by atoms with Crippen LogP contribution in [0.5, 0.6) is 0 Å². The van der Waals surface area contributed by atoms with Crippen LogP contribution in [0.1, 0.15) is 79.6 Å². The fourth-order valence-corrected chi connectivity index (χ4v) is 5.56. The quantitative estimate of drug-likeness (QED) is 0.772. The van der Waals surface area contributed by atoms with E-state index in [1.54, 1.807) is 6.20 Å². The molecule has 30 heavy (non-hydrogen) atoms. The van der Waals surface area contributed by atoms with E-state index in [0.717, 1.165) is 63.8 Å². The Balaban J connectivity index is 1.26. The van der Waals surface area contributed by atoms with Gasteiger partial charge < -0.3 is 9.80 Å². The first-order valence-corrected chi connectivity index (χ1v) is 11.7. The molecule has 0 aromatic carbocycles. The molecular weight excluding hydrogens is 376 g/mol. The molecule has 2 aliphatic heterocycles. The van der Waals surface area contributed by atoms with Crippen molar-refractivity contribution in [3.8, 4) is 0 Å². The highest BCUT2D eigenvalue weighted by Crippen LogP contribution is 2.32. The smallest absolute Gasteiger partial charge is 0.257 e. The largest absolute Gasteiger partial charge is 0.343 e. The molecule has 2 saturated heterocycles. The molecule has 5 rings (SSSR count). The van der Waals surface area contributed by atoms with Crippen LogP contribution in [0.4, 0.5) is 0 Å². The van der Waals surface area contributed by atoms with Crippen LogP contribution in [0.3, 0.4) is 0 Å². The van der Waals surface area contributed by atoms with Gasteiger partial charge in [-0.25, -0.2) is 4.52 Å². The molecule has 4 heterocycles. The zero-order chi connectivity index (χ0) is 20.5. The summed E-state index contributed by atoms with van der Waals surface area (Å²) in [5.41, 5.74) is 2.88. The van der Waals surface area contributed by atoms with Gasteiger partial charge in [0, 0.05) is 38.8 Å². The van der Waals surface area contributed by atoms with E-state index in [2.05, 4.69) is 22.1 Å². The molecule has 6 nitrogen and oxygen atoms in total. The zero-order valence-corrected chi connectivity index (χ0v) is 17.8. The van der Waals surface area contributed by atoms with Gasteiger partial charge in [0.05, 0.1) is 17.3 Å². The second-order valence-corrected chi connectivity index (χ2v) is 9.36. The van der Waals surface area contributed by atoms with E-state index in [0.29, 0.717) is 23.3 Å². The van der Waals surface area contributed by atoms with Crippen molar-refractivity contribution in [3.05, 3.63) is 35.7 Å². The summed E-state index contributed by atoms with van der Waals surface area (Å²) in [5.74, 6) is 1.51. The molecule has 160 valence electrons. The Kier molecular flexibility index (Phi) is 5.48. The molecule has 2 amide bonds. The van der Waals surface area contributed by atoms with Crippen LogP contribution in [-0.2, 0) is 4.79 Å². The summed E-state index contributed by atoms with van der Waals surface area (Å²) < 4.78 is 1.81. The minimum absolute atomic E-state index is 0.104. The average Bonchev–Trinajstić information content (AvgIpc) is 3.54. The molecule has 1 aliphatic carbocycles. The predicted octanol–water partition coefficient (Wildman–Crippen LogP) is 3.86. The summed E-state index contributed by atoms with van der Waals surface area (Å²) in [6.07, 6.45) is 13.6. The third-order valence-corrected chi connectivity index (χ3v) is 7.43. The molecule has 0 unspecified atom stereocenters. The van der Waals surface area contributed by atoms with Crippen molar-refractivity contribution in [1.29, 1.82) is 0 Å². The molecule has 0 bridgehead atoms. The molecule has 1 saturated carbocycles. The normalized spacial score (nSPS) is 21.1. The lowest BCUT2D eigenvalue weighted by Gasteiger charge is -2.33. The van der Waals surface area contributed by atoms with Gasteiger partial charge in [-0.2, -0.15) is 5.10 Å². The topological polar surface area (TPSA) is 57.9 Å². The lowest BCUT2D eigenvalue weighted by molar-refractivity contribution is -0.133. The highest BCUT2D eigenvalue weighted by molar-refractivity contribution is 6.00. The van der Waals surface area contributed by atoms with Crippen molar-refractivity contribution in [2.75, 3.05) is 26.2 Å². The number of carbonyl (C=O) groups is 2. The van der Waals surface area contributed by atoms with Crippen LogP contribution in [0.15, 0.2) is 24.5 Å². The number of carbonyl (C=O) groups excluding carboxylic acids is 2. The maximum Gasteiger partial charge on any atom is 0.257 e. The molecule has 3 aliphatic rings. The summed E-state index contributed by atoms with van der Waals surface area (Å²) in [5, 5.41) is 4.40. The van der Waals surface area contributed by atoms with Crippen LogP contribution >= 0.6 is 0 Å². The standard InChI is InChI=1S/C24H32N4O2/c29-23(15-18-5-1-2-6-18)26-12-7-19(8-13-26)20-9-14-28-22(16-20)21(17-25-28)24(30)27-10-3-4-11-27/h9,14,16-19H,1-8,10-13,15H2. The number of amides is 2. The number of pyridine rings is 1. The minimum atomic E-state index is 0.104. The van der Waals surface area contributed by atoms with Gasteiger partial charge in [0.1, 0.15) is 0 Å². The molecule has 6 heteroatoms. The Labute approximate surface area is 178 Å². The van der Waals surface area contributed by atoms with Gasteiger partial charge in [-0.15, -0.1) is 0 Å². The number of aromatic nitrogens is 2. The molecule has 3 fully saturated rings. The Morgan fingerprint density at radius 3 is 2.40 bits per heavy atom. The maximum atomic E-state index is 12.9. The van der Waals surface area contributed by atoms with Crippen molar-refractivity contribution in [2.45, 2.75) is 63.7 Å². The minimum Gasteiger partial charge on any atom is -0.343 e. The third kappa shape index (κ3) is 3.84. The summed E-state index contributed by atoms with van der Waals surface area (Å²) in [6.45, 7) is 3.40. The number of piperidine rings is 1. The van der Waals surface area contributed by atoms with Crippen LogP contribution in [0.2, 0.25) is 0 Å². The van der Waals surface area contributed by atoms with E-state index in [1.165, 1.54) is 31.2 Å². The molecule has 0 radical (unpaired) electrons. The van der Waals surface area contributed by atoms with Crippen molar-refractivity contribution in [2.24, 2.45) is 5.92 Å². The van der Waals surface area contributed by atoms with Crippen molar-refractivity contribution in [3.63, 3.8) is 0 Å². The number of fused-ring (bicyclic) bond motifs is 1. The van der Waals surface area contributed by atoms with E-state index in [9.17, 15) is 9.59 Å². The first kappa shape index (κ1) is 19.6. The Bertz CT molecular complexity index is 916.